The van der Waals surface area contributed by atoms with Crippen molar-refractivity contribution in [3.05, 3.63) is 30.0 Å². The van der Waals surface area contributed by atoms with Crippen molar-refractivity contribution in [3.63, 3.8) is 0 Å². The van der Waals surface area contributed by atoms with Crippen LogP contribution in [-0.4, -0.2) is 46.7 Å². The second-order valence-corrected chi connectivity index (χ2v) is 4.72. The lowest BCUT2D eigenvalue weighted by molar-refractivity contribution is 0.0705. The monoisotopic (exact) mass is 280 g/mol. The zero-order valence-corrected chi connectivity index (χ0v) is 11.5. The van der Waals surface area contributed by atoms with Crippen molar-refractivity contribution in [2.45, 2.75) is 13.0 Å². The minimum absolute atomic E-state index is 0. The van der Waals surface area contributed by atoms with Crippen molar-refractivity contribution in [2.24, 2.45) is 0 Å². The lowest BCUT2D eigenvalue weighted by atomic mass is 10.1. The van der Waals surface area contributed by atoms with Gasteiger partial charge in [0, 0.05) is 31.1 Å². The molecule has 0 aliphatic carbocycles. The largest absolute Gasteiger partial charge is 0.334 e. The Hall–Kier alpha value is -1.59. The third-order valence-corrected chi connectivity index (χ3v) is 3.33. The number of amides is 1. The highest BCUT2D eigenvalue weighted by atomic mass is 35.5. The van der Waals surface area contributed by atoms with Crippen LogP contribution in [0, 0.1) is 0 Å². The average molecular weight is 281 g/mol. The average Bonchev–Trinajstić information content (AvgIpc) is 2.82. The zero-order valence-electron chi connectivity index (χ0n) is 10.7. The number of nitrogens with one attached hydrogen (secondary N) is 2. The second-order valence-electron chi connectivity index (χ2n) is 4.72. The molecular weight excluding hydrogens is 264 g/mol. The van der Waals surface area contributed by atoms with Gasteiger partial charge in [0.25, 0.3) is 5.91 Å². The maximum absolute atomic E-state index is 12.4. The molecule has 6 heteroatoms. The fraction of sp³-hybridized carbons (Fsp3) is 0.385. The molecule has 19 heavy (non-hydrogen) atoms. The molecule has 0 radical (unpaired) electrons. The normalized spacial score (nSPS) is 19.2. The van der Waals surface area contributed by atoms with E-state index in [1.165, 1.54) is 0 Å². The summed E-state index contributed by atoms with van der Waals surface area (Å²) in [5, 5.41) is 11.3. The van der Waals surface area contributed by atoms with Gasteiger partial charge < -0.3 is 10.2 Å². The van der Waals surface area contributed by atoms with Crippen LogP contribution in [-0.2, 0) is 0 Å². The van der Waals surface area contributed by atoms with Crippen molar-refractivity contribution in [1.29, 1.82) is 0 Å². The molecule has 1 aromatic carbocycles. The Kier molecular flexibility index (Phi) is 4.07. The van der Waals surface area contributed by atoms with Gasteiger partial charge in [0.05, 0.1) is 5.52 Å². The summed E-state index contributed by atoms with van der Waals surface area (Å²) in [6.45, 7) is 4.40. The molecule has 2 heterocycles. The molecule has 2 aromatic rings. The highest BCUT2D eigenvalue weighted by Crippen LogP contribution is 2.17. The van der Waals surface area contributed by atoms with E-state index in [9.17, 15) is 4.79 Å². The molecule has 5 nitrogen and oxygen atoms in total. The second kappa shape index (κ2) is 5.59. The molecule has 0 spiro atoms. The van der Waals surface area contributed by atoms with E-state index >= 15 is 0 Å². The minimum Gasteiger partial charge on any atom is -0.334 e. The number of piperazine rings is 1. The number of nitrogens with zero attached hydrogens (tertiary/aromatic N) is 2. The Bertz CT molecular complexity index is 583. The molecule has 1 amide bonds. The molecule has 1 atom stereocenters. The van der Waals surface area contributed by atoms with Gasteiger partial charge in [0.15, 0.2) is 5.69 Å². The molecule has 1 aliphatic heterocycles. The van der Waals surface area contributed by atoms with E-state index in [0.717, 1.165) is 30.5 Å². The van der Waals surface area contributed by atoms with Crippen LogP contribution in [0.25, 0.3) is 10.9 Å². The van der Waals surface area contributed by atoms with Crippen LogP contribution in [0.1, 0.15) is 17.4 Å². The van der Waals surface area contributed by atoms with E-state index in [4.69, 9.17) is 0 Å². The number of aromatic nitrogens is 2. The van der Waals surface area contributed by atoms with Gasteiger partial charge in [0.2, 0.25) is 0 Å². The predicted molar refractivity (Wildman–Crippen MR) is 76.7 cm³/mol. The minimum atomic E-state index is 0. The molecule has 0 unspecified atom stereocenters. The summed E-state index contributed by atoms with van der Waals surface area (Å²) in [6, 6.07) is 8.06. The number of halogens is 1. The topological polar surface area (TPSA) is 61.0 Å². The summed E-state index contributed by atoms with van der Waals surface area (Å²) in [5.41, 5.74) is 1.43. The van der Waals surface area contributed by atoms with Gasteiger partial charge in [-0.2, -0.15) is 5.10 Å². The van der Waals surface area contributed by atoms with Crippen LogP contribution < -0.4 is 5.32 Å². The fourth-order valence-corrected chi connectivity index (χ4v) is 2.39. The number of carbonyl (C=O) groups is 1. The maximum Gasteiger partial charge on any atom is 0.275 e. The van der Waals surface area contributed by atoms with Crippen molar-refractivity contribution >= 4 is 29.2 Å². The third kappa shape index (κ3) is 2.57. The summed E-state index contributed by atoms with van der Waals surface area (Å²) < 4.78 is 0. The summed E-state index contributed by atoms with van der Waals surface area (Å²) in [5.74, 6) is 0.0146. The number of fused-ring (bicyclic) bond motifs is 1. The van der Waals surface area contributed by atoms with E-state index in [-0.39, 0.29) is 18.3 Å². The third-order valence-electron chi connectivity index (χ3n) is 3.33. The van der Waals surface area contributed by atoms with Crippen LogP contribution >= 0.6 is 12.4 Å². The number of para-hydroxylation sites is 1. The van der Waals surface area contributed by atoms with Gasteiger partial charge >= 0.3 is 0 Å². The van der Waals surface area contributed by atoms with Gasteiger partial charge in [-0.15, -0.1) is 12.4 Å². The summed E-state index contributed by atoms with van der Waals surface area (Å²) in [7, 11) is 0. The number of hydrogen-bond donors (Lipinski definition) is 2. The summed E-state index contributed by atoms with van der Waals surface area (Å²) in [6.07, 6.45) is 0. The molecule has 3 rings (SSSR count). The lowest BCUT2D eigenvalue weighted by Gasteiger charge is -2.31. The highest BCUT2D eigenvalue weighted by Gasteiger charge is 2.24. The number of benzene rings is 1. The first-order chi connectivity index (χ1) is 8.75. The Labute approximate surface area is 117 Å². The van der Waals surface area contributed by atoms with E-state index in [1.807, 2.05) is 29.2 Å². The standard InChI is InChI=1S/C13H16N4O.ClH/c1-9-8-17(7-6-14-9)13(18)12-10-4-2-3-5-11(10)15-16-12;/h2-5,9,14H,6-8H2,1H3,(H,15,16);1H/t9-;/m0./s1. The summed E-state index contributed by atoms with van der Waals surface area (Å²) in [4.78, 5) is 14.3. The number of hydrogen-bond acceptors (Lipinski definition) is 3. The first-order valence-corrected chi connectivity index (χ1v) is 6.21. The lowest BCUT2D eigenvalue weighted by Crippen LogP contribution is -2.51. The van der Waals surface area contributed by atoms with Crippen LogP contribution in [0.4, 0.5) is 0 Å². The SMILES string of the molecule is C[C@H]1CN(C(=O)c2n[nH]c3ccccc23)CCN1.Cl. The molecular formula is C13H17ClN4O. The maximum atomic E-state index is 12.4. The Morgan fingerprint density at radius 2 is 2.21 bits per heavy atom. The Morgan fingerprint density at radius 1 is 1.42 bits per heavy atom. The smallest absolute Gasteiger partial charge is 0.275 e. The molecule has 0 bridgehead atoms. The molecule has 1 fully saturated rings. The van der Waals surface area contributed by atoms with Gasteiger partial charge in [-0.05, 0) is 13.0 Å². The quantitative estimate of drug-likeness (QED) is 0.830. The molecule has 102 valence electrons. The Morgan fingerprint density at radius 3 is 3.00 bits per heavy atom. The first-order valence-electron chi connectivity index (χ1n) is 6.21. The van der Waals surface area contributed by atoms with Crippen molar-refractivity contribution in [3.8, 4) is 0 Å². The van der Waals surface area contributed by atoms with Gasteiger partial charge in [-0.3, -0.25) is 9.89 Å². The van der Waals surface area contributed by atoms with E-state index in [0.29, 0.717) is 11.7 Å². The number of aromatic amines is 1. The van der Waals surface area contributed by atoms with Crippen molar-refractivity contribution < 1.29 is 4.79 Å². The number of carbonyl (C=O) groups excluding carboxylic acids is 1. The van der Waals surface area contributed by atoms with Crippen LogP contribution in [0.5, 0.6) is 0 Å². The first kappa shape index (κ1) is 13.8. The molecule has 2 N–H and O–H groups in total. The predicted octanol–water partition coefficient (Wildman–Crippen LogP) is 1.42. The van der Waals surface area contributed by atoms with E-state index in [1.54, 1.807) is 0 Å². The molecule has 0 saturated carbocycles. The zero-order chi connectivity index (χ0) is 12.5. The van der Waals surface area contributed by atoms with Crippen LogP contribution in [0.15, 0.2) is 24.3 Å². The molecule has 1 aliphatic rings. The van der Waals surface area contributed by atoms with Crippen molar-refractivity contribution in [1.82, 2.24) is 20.4 Å². The van der Waals surface area contributed by atoms with Gasteiger partial charge in [-0.25, -0.2) is 0 Å². The van der Waals surface area contributed by atoms with Crippen molar-refractivity contribution in [2.75, 3.05) is 19.6 Å². The molecule has 1 saturated heterocycles. The summed E-state index contributed by atoms with van der Waals surface area (Å²) >= 11 is 0. The fourth-order valence-electron chi connectivity index (χ4n) is 2.39. The van der Waals surface area contributed by atoms with E-state index < -0.39 is 0 Å². The van der Waals surface area contributed by atoms with Crippen LogP contribution in [0.3, 0.4) is 0 Å². The highest BCUT2D eigenvalue weighted by molar-refractivity contribution is 6.04. The van der Waals surface area contributed by atoms with E-state index in [2.05, 4.69) is 22.4 Å². The number of rotatable bonds is 1. The van der Waals surface area contributed by atoms with Crippen LogP contribution in [0.2, 0.25) is 0 Å². The van der Waals surface area contributed by atoms with Gasteiger partial charge in [-0.1, -0.05) is 18.2 Å². The van der Waals surface area contributed by atoms with Gasteiger partial charge in [0.1, 0.15) is 0 Å². The Balaban J connectivity index is 0.00000133. The number of H-pyrrole nitrogens is 1. The molecule has 1 aromatic heterocycles.